The lowest BCUT2D eigenvalue weighted by Crippen LogP contribution is -2.37. The van der Waals surface area contributed by atoms with Crippen molar-refractivity contribution < 1.29 is 23.8 Å². The number of nitrogens with zero attached hydrogens (tertiary/aromatic N) is 2. The molecule has 0 N–H and O–H groups in total. The minimum atomic E-state index is -0.480. The fraction of sp³-hybridized carbons (Fsp3) is 0.348. The predicted molar refractivity (Wildman–Crippen MR) is 115 cm³/mol. The highest BCUT2D eigenvalue weighted by Crippen LogP contribution is 2.38. The lowest BCUT2D eigenvalue weighted by Gasteiger charge is -2.24. The van der Waals surface area contributed by atoms with Crippen LogP contribution in [0.3, 0.4) is 0 Å². The first kappa shape index (κ1) is 21.4. The number of aliphatic imine (C=N–C) groups is 1. The number of fused-ring (bicyclic) bond motifs is 1. The summed E-state index contributed by atoms with van der Waals surface area (Å²) in [5.41, 5.74) is 2.77. The fourth-order valence-corrected chi connectivity index (χ4v) is 3.30. The number of carbonyl (C=O) groups is 2. The summed E-state index contributed by atoms with van der Waals surface area (Å²) in [6.45, 7) is 6.36. The number of ether oxygens (including phenoxy) is 3. The quantitative estimate of drug-likeness (QED) is 0.625. The van der Waals surface area contributed by atoms with Crippen molar-refractivity contribution in [3.8, 4) is 11.5 Å². The van der Waals surface area contributed by atoms with E-state index in [4.69, 9.17) is 14.2 Å². The van der Waals surface area contributed by atoms with E-state index in [9.17, 15) is 9.59 Å². The Labute approximate surface area is 176 Å². The molecule has 0 atom stereocenters. The molecule has 0 unspecified atom stereocenters. The van der Waals surface area contributed by atoms with Gasteiger partial charge in [-0.2, -0.15) is 0 Å². The third-order valence-corrected chi connectivity index (χ3v) is 4.52. The van der Waals surface area contributed by atoms with Crippen molar-refractivity contribution in [2.75, 3.05) is 37.8 Å². The van der Waals surface area contributed by atoms with Crippen LogP contribution < -0.4 is 14.4 Å². The topological polar surface area (TPSA) is 77.4 Å². The molecular formula is C23H26N2O5. The van der Waals surface area contributed by atoms with E-state index in [1.54, 1.807) is 13.0 Å². The first-order valence-electron chi connectivity index (χ1n) is 10.1. The Kier molecular flexibility index (Phi) is 7.06. The van der Waals surface area contributed by atoms with Crippen LogP contribution >= 0.6 is 0 Å². The number of amides is 1. The Morgan fingerprint density at radius 3 is 2.30 bits per heavy atom. The van der Waals surface area contributed by atoms with Crippen LogP contribution in [0, 0.1) is 0 Å². The van der Waals surface area contributed by atoms with Crippen LogP contribution in [0.1, 0.15) is 31.9 Å². The molecule has 3 rings (SSSR count). The molecule has 0 saturated heterocycles. The SMILES string of the molecule is CCOC(=O)CN1C(=O)CN=C(c2ccccc2)c2cc(OCC)c(OCC)cc21. The smallest absolute Gasteiger partial charge is 0.326 e. The van der Waals surface area contributed by atoms with Crippen molar-refractivity contribution in [3.63, 3.8) is 0 Å². The first-order chi connectivity index (χ1) is 14.6. The predicted octanol–water partition coefficient (Wildman–Crippen LogP) is 3.23. The van der Waals surface area contributed by atoms with E-state index >= 15 is 0 Å². The number of hydrogen-bond acceptors (Lipinski definition) is 6. The van der Waals surface area contributed by atoms with E-state index in [2.05, 4.69) is 4.99 Å². The van der Waals surface area contributed by atoms with Crippen LogP contribution in [0.5, 0.6) is 11.5 Å². The molecule has 1 amide bonds. The summed E-state index contributed by atoms with van der Waals surface area (Å²) in [6.07, 6.45) is 0. The maximum atomic E-state index is 12.9. The van der Waals surface area contributed by atoms with Gasteiger partial charge >= 0.3 is 5.97 Å². The molecule has 158 valence electrons. The summed E-state index contributed by atoms with van der Waals surface area (Å²) in [4.78, 5) is 31.1. The molecule has 0 saturated carbocycles. The van der Waals surface area contributed by atoms with Gasteiger partial charge in [-0.15, -0.1) is 0 Å². The average Bonchev–Trinajstić information content (AvgIpc) is 2.87. The number of rotatable bonds is 8. The van der Waals surface area contributed by atoms with Gasteiger partial charge in [-0.05, 0) is 26.8 Å². The summed E-state index contributed by atoms with van der Waals surface area (Å²) in [6, 6.07) is 13.2. The first-order valence-corrected chi connectivity index (χ1v) is 10.1. The largest absolute Gasteiger partial charge is 0.490 e. The molecule has 7 heteroatoms. The summed E-state index contributed by atoms with van der Waals surface area (Å²) in [7, 11) is 0. The van der Waals surface area contributed by atoms with Crippen LogP contribution in [0.2, 0.25) is 0 Å². The van der Waals surface area contributed by atoms with E-state index in [-0.39, 0.29) is 25.6 Å². The second kappa shape index (κ2) is 9.91. The number of anilines is 1. The lowest BCUT2D eigenvalue weighted by molar-refractivity contribution is -0.142. The van der Waals surface area contributed by atoms with Gasteiger partial charge in [0.25, 0.3) is 0 Å². The third-order valence-electron chi connectivity index (χ3n) is 4.52. The van der Waals surface area contributed by atoms with Crippen LogP contribution in [-0.2, 0) is 14.3 Å². The van der Waals surface area contributed by atoms with Gasteiger partial charge in [-0.1, -0.05) is 30.3 Å². The van der Waals surface area contributed by atoms with E-state index in [0.29, 0.717) is 41.7 Å². The van der Waals surface area contributed by atoms with E-state index < -0.39 is 5.97 Å². The summed E-state index contributed by atoms with van der Waals surface area (Å²) >= 11 is 0. The second-order valence-corrected chi connectivity index (χ2v) is 6.50. The van der Waals surface area contributed by atoms with Crippen molar-refractivity contribution >= 4 is 23.3 Å². The van der Waals surface area contributed by atoms with Crippen molar-refractivity contribution in [2.24, 2.45) is 4.99 Å². The summed E-state index contributed by atoms with van der Waals surface area (Å²) < 4.78 is 16.6. The van der Waals surface area contributed by atoms with E-state index in [1.807, 2.05) is 50.2 Å². The van der Waals surface area contributed by atoms with Gasteiger partial charge in [0.1, 0.15) is 13.1 Å². The van der Waals surface area contributed by atoms with E-state index in [0.717, 1.165) is 5.56 Å². The van der Waals surface area contributed by atoms with Gasteiger partial charge in [-0.3, -0.25) is 19.5 Å². The van der Waals surface area contributed by atoms with Crippen molar-refractivity contribution in [1.82, 2.24) is 0 Å². The van der Waals surface area contributed by atoms with Crippen LogP contribution in [0.4, 0.5) is 5.69 Å². The number of benzodiazepines with no additional fused rings is 1. The highest BCUT2D eigenvalue weighted by molar-refractivity contribution is 6.20. The van der Waals surface area contributed by atoms with Crippen LogP contribution in [-0.4, -0.2) is 50.5 Å². The molecule has 2 aromatic rings. The number of hydrogen-bond donors (Lipinski definition) is 0. The van der Waals surface area contributed by atoms with Crippen molar-refractivity contribution in [2.45, 2.75) is 20.8 Å². The van der Waals surface area contributed by atoms with Gasteiger partial charge < -0.3 is 14.2 Å². The Morgan fingerprint density at radius 1 is 1.00 bits per heavy atom. The highest BCUT2D eigenvalue weighted by Gasteiger charge is 2.29. The Balaban J connectivity index is 2.18. The van der Waals surface area contributed by atoms with Crippen molar-refractivity contribution in [1.29, 1.82) is 0 Å². The third kappa shape index (κ3) is 4.62. The maximum absolute atomic E-state index is 12.9. The second-order valence-electron chi connectivity index (χ2n) is 6.50. The zero-order valence-electron chi connectivity index (χ0n) is 17.5. The van der Waals surface area contributed by atoms with Gasteiger partial charge in [0.2, 0.25) is 5.91 Å². The Hall–Kier alpha value is -3.35. The van der Waals surface area contributed by atoms with Crippen molar-refractivity contribution in [3.05, 3.63) is 53.6 Å². The molecule has 0 bridgehead atoms. The molecule has 0 spiro atoms. The number of benzene rings is 2. The molecule has 30 heavy (non-hydrogen) atoms. The Morgan fingerprint density at radius 2 is 1.67 bits per heavy atom. The fourth-order valence-electron chi connectivity index (χ4n) is 3.30. The normalized spacial score (nSPS) is 13.2. The van der Waals surface area contributed by atoms with Gasteiger partial charge in [0.05, 0.1) is 31.2 Å². The highest BCUT2D eigenvalue weighted by atomic mass is 16.5. The maximum Gasteiger partial charge on any atom is 0.326 e. The van der Waals surface area contributed by atoms with Crippen LogP contribution in [0.15, 0.2) is 47.5 Å². The zero-order valence-corrected chi connectivity index (χ0v) is 17.5. The molecule has 0 aromatic heterocycles. The van der Waals surface area contributed by atoms with Crippen LogP contribution in [0.25, 0.3) is 0 Å². The minimum absolute atomic E-state index is 0.0771. The molecule has 0 aliphatic carbocycles. The lowest BCUT2D eigenvalue weighted by atomic mass is 9.99. The zero-order chi connectivity index (χ0) is 21.5. The molecule has 7 nitrogen and oxygen atoms in total. The number of esters is 1. The van der Waals surface area contributed by atoms with Gasteiger partial charge in [0.15, 0.2) is 11.5 Å². The number of carbonyl (C=O) groups excluding carboxylic acids is 2. The molecule has 1 aliphatic heterocycles. The summed E-state index contributed by atoms with van der Waals surface area (Å²) in [5, 5.41) is 0. The van der Waals surface area contributed by atoms with Gasteiger partial charge in [0, 0.05) is 17.2 Å². The Bertz CT molecular complexity index is 940. The summed E-state index contributed by atoms with van der Waals surface area (Å²) in [5.74, 6) is 0.301. The molecule has 1 heterocycles. The standard InChI is InChI=1S/C23H26N2O5/c1-4-28-19-12-17-18(13-20(19)29-5-2)25(15-22(27)30-6-3)21(26)14-24-23(17)16-10-8-7-9-11-16/h7-13H,4-6,14-15H2,1-3H3. The van der Waals surface area contributed by atoms with Gasteiger partial charge in [-0.25, -0.2) is 0 Å². The molecule has 0 radical (unpaired) electrons. The molecule has 0 fully saturated rings. The molecule has 2 aromatic carbocycles. The molecule has 1 aliphatic rings. The monoisotopic (exact) mass is 410 g/mol. The molecular weight excluding hydrogens is 384 g/mol. The average molecular weight is 410 g/mol. The minimum Gasteiger partial charge on any atom is -0.490 e. The van der Waals surface area contributed by atoms with E-state index in [1.165, 1.54) is 4.90 Å².